The first-order valence-electron chi connectivity index (χ1n) is 5.11. The third-order valence-corrected chi connectivity index (χ3v) is 2.41. The maximum absolute atomic E-state index is 10.8. The Morgan fingerprint density at radius 2 is 2.17 bits per heavy atom. The minimum atomic E-state index is -0.510. The second kappa shape index (κ2) is 5.42. The number of rotatable bonds is 4. The highest BCUT2D eigenvalue weighted by molar-refractivity contribution is 6.29. The van der Waals surface area contributed by atoms with Gasteiger partial charge in [0.05, 0.1) is 17.2 Å². The van der Waals surface area contributed by atoms with E-state index in [2.05, 4.69) is 15.3 Å². The summed E-state index contributed by atoms with van der Waals surface area (Å²) in [5.41, 5.74) is 0.643. The van der Waals surface area contributed by atoms with E-state index >= 15 is 0 Å². The van der Waals surface area contributed by atoms with Gasteiger partial charge in [-0.1, -0.05) is 17.7 Å². The van der Waals surface area contributed by atoms with Crippen LogP contribution >= 0.6 is 11.6 Å². The maximum atomic E-state index is 10.8. The Labute approximate surface area is 108 Å². The van der Waals surface area contributed by atoms with Crippen LogP contribution in [0.25, 0.3) is 0 Å². The molecule has 0 saturated heterocycles. The fraction of sp³-hybridized carbons (Fsp3) is 0.0909. The third-order valence-electron chi connectivity index (χ3n) is 2.20. The molecule has 2 rings (SSSR count). The van der Waals surface area contributed by atoms with Gasteiger partial charge in [-0.3, -0.25) is 15.1 Å². The number of anilines is 1. The van der Waals surface area contributed by atoms with Crippen LogP contribution in [0.15, 0.2) is 36.5 Å². The van der Waals surface area contributed by atoms with Gasteiger partial charge in [0.25, 0.3) is 0 Å². The SMILES string of the molecule is O=[N+]([O-])c1ccc(Cl)nc1NCc1ccccn1. The van der Waals surface area contributed by atoms with Gasteiger partial charge in [-0.2, -0.15) is 0 Å². The first-order chi connectivity index (χ1) is 8.66. The Morgan fingerprint density at radius 3 is 2.83 bits per heavy atom. The van der Waals surface area contributed by atoms with Crippen molar-refractivity contribution < 1.29 is 4.92 Å². The summed E-state index contributed by atoms with van der Waals surface area (Å²) in [6.07, 6.45) is 1.65. The van der Waals surface area contributed by atoms with Crippen molar-refractivity contribution >= 4 is 23.1 Å². The third kappa shape index (κ3) is 2.92. The Bertz CT molecular complexity index is 562. The molecular formula is C11H9ClN4O2. The standard InChI is InChI=1S/C11H9ClN4O2/c12-10-5-4-9(16(17)18)11(15-10)14-7-8-3-1-2-6-13-8/h1-6H,7H2,(H,14,15). The minimum Gasteiger partial charge on any atom is -0.359 e. The molecule has 0 aromatic carbocycles. The van der Waals surface area contributed by atoms with Gasteiger partial charge < -0.3 is 5.32 Å². The van der Waals surface area contributed by atoms with Crippen LogP contribution in [0.1, 0.15) is 5.69 Å². The van der Waals surface area contributed by atoms with Crippen molar-refractivity contribution in [2.75, 3.05) is 5.32 Å². The minimum absolute atomic E-state index is 0.115. The Balaban J connectivity index is 2.18. The van der Waals surface area contributed by atoms with E-state index in [0.717, 1.165) is 5.69 Å². The van der Waals surface area contributed by atoms with Crippen molar-refractivity contribution in [2.24, 2.45) is 0 Å². The topological polar surface area (TPSA) is 81.0 Å². The summed E-state index contributed by atoms with van der Waals surface area (Å²) < 4.78 is 0. The van der Waals surface area contributed by atoms with E-state index in [9.17, 15) is 10.1 Å². The molecular weight excluding hydrogens is 256 g/mol. The van der Waals surface area contributed by atoms with Crippen molar-refractivity contribution in [3.63, 3.8) is 0 Å². The number of nitrogens with one attached hydrogen (secondary N) is 1. The number of pyridine rings is 2. The van der Waals surface area contributed by atoms with E-state index in [1.54, 1.807) is 12.3 Å². The van der Waals surface area contributed by atoms with E-state index in [4.69, 9.17) is 11.6 Å². The number of hydrogen-bond donors (Lipinski definition) is 1. The zero-order valence-electron chi connectivity index (χ0n) is 9.21. The van der Waals surface area contributed by atoms with E-state index in [0.29, 0.717) is 6.54 Å². The van der Waals surface area contributed by atoms with Crippen LogP contribution < -0.4 is 5.32 Å². The molecule has 0 amide bonds. The van der Waals surface area contributed by atoms with Gasteiger partial charge in [-0.25, -0.2) is 4.98 Å². The highest BCUT2D eigenvalue weighted by Crippen LogP contribution is 2.24. The van der Waals surface area contributed by atoms with Crippen LogP contribution in [0.4, 0.5) is 11.5 Å². The molecule has 0 spiro atoms. The van der Waals surface area contributed by atoms with Gasteiger partial charge in [-0.15, -0.1) is 0 Å². The number of nitro groups is 1. The van der Waals surface area contributed by atoms with Crippen molar-refractivity contribution in [1.82, 2.24) is 9.97 Å². The predicted molar refractivity (Wildman–Crippen MR) is 67.5 cm³/mol. The van der Waals surface area contributed by atoms with E-state index in [1.807, 2.05) is 12.1 Å². The van der Waals surface area contributed by atoms with E-state index < -0.39 is 4.92 Å². The van der Waals surface area contributed by atoms with Crippen LogP contribution in [0.2, 0.25) is 5.15 Å². The summed E-state index contributed by atoms with van der Waals surface area (Å²) in [6, 6.07) is 8.14. The molecule has 0 aliphatic rings. The Hall–Kier alpha value is -2.21. The molecule has 0 saturated carbocycles. The average molecular weight is 265 g/mol. The highest BCUT2D eigenvalue weighted by Gasteiger charge is 2.15. The summed E-state index contributed by atoms with van der Waals surface area (Å²) in [5, 5.41) is 13.9. The van der Waals surface area contributed by atoms with Crippen molar-refractivity contribution in [3.8, 4) is 0 Å². The molecule has 2 heterocycles. The zero-order chi connectivity index (χ0) is 13.0. The molecule has 0 unspecified atom stereocenters. The molecule has 0 radical (unpaired) electrons. The molecule has 92 valence electrons. The van der Waals surface area contributed by atoms with Crippen LogP contribution in [-0.2, 0) is 6.54 Å². The molecule has 2 aromatic rings. The molecule has 6 nitrogen and oxygen atoms in total. The fourth-order valence-corrected chi connectivity index (χ4v) is 1.53. The molecule has 2 aromatic heterocycles. The molecule has 0 bridgehead atoms. The summed E-state index contributed by atoms with van der Waals surface area (Å²) in [4.78, 5) is 18.3. The molecule has 0 atom stereocenters. The van der Waals surface area contributed by atoms with Gasteiger partial charge in [-0.05, 0) is 18.2 Å². The number of halogens is 1. The van der Waals surface area contributed by atoms with Crippen LogP contribution in [0.5, 0.6) is 0 Å². The first kappa shape index (κ1) is 12.3. The maximum Gasteiger partial charge on any atom is 0.311 e. The van der Waals surface area contributed by atoms with Gasteiger partial charge >= 0.3 is 5.69 Å². The molecule has 0 aliphatic heterocycles. The first-order valence-corrected chi connectivity index (χ1v) is 5.49. The molecule has 0 fully saturated rings. The molecule has 18 heavy (non-hydrogen) atoms. The number of aromatic nitrogens is 2. The van der Waals surface area contributed by atoms with Gasteiger partial charge in [0.2, 0.25) is 5.82 Å². The van der Waals surface area contributed by atoms with Crippen LogP contribution in [0.3, 0.4) is 0 Å². The molecule has 7 heteroatoms. The lowest BCUT2D eigenvalue weighted by atomic mass is 10.3. The Morgan fingerprint density at radius 1 is 1.33 bits per heavy atom. The summed E-state index contributed by atoms with van der Waals surface area (Å²) >= 11 is 5.71. The fourth-order valence-electron chi connectivity index (χ4n) is 1.38. The Kier molecular flexibility index (Phi) is 3.69. The quantitative estimate of drug-likeness (QED) is 0.522. The van der Waals surface area contributed by atoms with Crippen LogP contribution in [-0.4, -0.2) is 14.9 Å². The smallest absolute Gasteiger partial charge is 0.311 e. The predicted octanol–water partition coefficient (Wildman–Crippen LogP) is 2.65. The van der Waals surface area contributed by atoms with Crippen molar-refractivity contribution in [2.45, 2.75) is 6.54 Å². The van der Waals surface area contributed by atoms with Crippen LogP contribution in [0, 0.1) is 10.1 Å². The van der Waals surface area contributed by atoms with Gasteiger partial charge in [0.1, 0.15) is 5.15 Å². The summed E-state index contributed by atoms with van der Waals surface area (Å²) in [7, 11) is 0. The normalized spacial score (nSPS) is 10.1. The molecule has 0 aliphatic carbocycles. The average Bonchev–Trinajstić information content (AvgIpc) is 2.37. The zero-order valence-corrected chi connectivity index (χ0v) is 9.96. The van der Waals surface area contributed by atoms with Gasteiger partial charge in [0.15, 0.2) is 0 Å². The second-order valence-corrected chi connectivity index (χ2v) is 3.82. The molecule has 1 N–H and O–H groups in total. The second-order valence-electron chi connectivity index (χ2n) is 3.43. The lowest BCUT2D eigenvalue weighted by Gasteiger charge is -2.05. The summed E-state index contributed by atoms with van der Waals surface area (Å²) in [5.74, 6) is 0.137. The van der Waals surface area contributed by atoms with Crippen molar-refractivity contribution in [1.29, 1.82) is 0 Å². The highest BCUT2D eigenvalue weighted by atomic mass is 35.5. The monoisotopic (exact) mass is 264 g/mol. The van der Waals surface area contributed by atoms with Crippen molar-refractivity contribution in [3.05, 3.63) is 57.5 Å². The lowest BCUT2D eigenvalue weighted by Crippen LogP contribution is -2.05. The largest absolute Gasteiger partial charge is 0.359 e. The summed E-state index contributed by atoms with van der Waals surface area (Å²) in [6.45, 7) is 0.342. The van der Waals surface area contributed by atoms with E-state index in [-0.39, 0.29) is 16.7 Å². The lowest BCUT2D eigenvalue weighted by molar-refractivity contribution is -0.384. The number of nitrogens with zero attached hydrogens (tertiary/aromatic N) is 3. The number of hydrogen-bond acceptors (Lipinski definition) is 5. The van der Waals surface area contributed by atoms with Gasteiger partial charge in [0, 0.05) is 12.3 Å². The van der Waals surface area contributed by atoms with E-state index in [1.165, 1.54) is 12.1 Å².